The van der Waals surface area contributed by atoms with Crippen LogP contribution >= 0.6 is 24.0 Å². The number of rotatable bonds is 6. The molecule has 0 radical (unpaired) electrons. The minimum Gasteiger partial charge on any atom is -0.359 e. The van der Waals surface area contributed by atoms with Crippen molar-refractivity contribution in [2.45, 2.75) is 29.4 Å². The van der Waals surface area contributed by atoms with E-state index in [1.165, 1.54) is 31.0 Å². The van der Waals surface area contributed by atoms with Crippen LogP contribution in [-0.4, -0.2) is 44.7 Å². The summed E-state index contributed by atoms with van der Waals surface area (Å²) in [7, 11) is 0. The fourth-order valence-electron chi connectivity index (χ4n) is 2.55. The Morgan fingerprint density at radius 1 is 1.23 bits per heavy atom. The lowest BCUT2D eigenvalue weighted by atomic mass is 10.1. The molecule has 9 heteroatoms. The van der Waals surface area contributed by atoms with Crippen LogP contribution in [0.15, 0.2) is 47.4 Å². The summed E-state index contributed by atoms with van der Waals surface area (Å²) < 4.78 is 0. The molecule has 0 aliphatic carbocycles. The topological polar surface area (TPSA) is 78.9 Å². The van der Waals surface area contributed by atoms with Gasteiger partial charge in [0.15, 0.2) is 10.3 Å². The Morgan fingerprint density at radius 3 is 2.73 bits per heavy atom. The lowest BCUT2D eigenvalue weighted by molar-refractivity contribution is 0.572. The molecule has 1 saturated heterocycles. The highest BCUT2D eigenvalue weighted by atomic mass is 32.2. The molecule has 0 unspecified atom stereocenters. The Balaban J connectivity index is 1.83. The van der Waals surface area contributed by atoms with E-state index in [4.69, 9.17) is 12.2 Å². The Hall–Kier alpha value is -2.26. The SMILES string of the molecule is C=CCNC(=S)Nc1nc(Sc2ncccn2)cc(N2CCCCC2)n1. The molecule has 0 spiro atoms. The summed E-state index contributed by atoms with van der Waals surface area (Å²) in [6, 6.07) is 3.78. The zero-order valence-electron chi connectivity index (χ0n) is 14.4. The van der Waals surface area contributed by atoms with Crippen LogP contribution < -0.4 is 15.5 Å². The monoisotopic (exact) mass is 387 g/mol. The second-order valence-electron chi connectivity index (χ2n) is 5.69. The van der Waals surface area contributed by atoms with Gasteiger partial charge in [-0.05, 0) is 49.3 Å². The van der Waals surface area contributed by atoms with Crippen molar-refractivity contribution in [1.82, 2.24) is 25.3 Å². The molecule has 7 nitrogen and oxygen atoms in total. The molecule has 0 aromatic carbocycles. The molecule has 1 aliphatic rings. The summed E-state index contributed by atoms with van der Waals surface area (Å²) in [4.78, 5) is 20.0. The van der Waals surface area contributed by atoms with Gasteiger partial charge in [0, 0.05) is 38.1 Å². The molecule has 2 aromatic rings. The van der Waals surface area contributed by atoms with Crippen molar-refractivity contribution >= 4 is 40.9 Å². The van der Waals surface area contributed by atoms with Crippen molar-refractivity contribution in [3.8, 4) is 0 Å². The van der Waals surface area contributed by atoms with Gasteiger partial charge in [0.1, 0.15) is 10.8 Å². The molecule has 1 aliphatic heterocycles. The summed E-state index contributed by atoms with van der Waals surface area (Å²) in [5.41, 5.74) is 0. The minimum absolute atomic E-state index is 0.465. The molecule has 136 valence electrons. The number of hydrogen-bond acceptors (Lipinski definition) is 7. The van der Waals surface area contributed by atoms with Crippen molar-refractivity contribution in [2.75, 3.05) is 29.9 Å². The average molecular weight is 388 g/mol. The van der Waals surface area contributed by atoms with Gasteiger partial charge in [-0.15, -0.1) is 6.58 Å². The summed E-state index contributed by atoms with van der Waals surface area (Å²) in [5.74, 6) is 1.36. The van der Waals surface area contributed by atoms with Crippen molar-refractivity contribution in [3.63, 3.8) is 0 Å². The van der Waals surface area contributed by atoms with Gasteiger partial charge >= 0.3 is 0 Å². The maximum absolute atomic E-state index is 5.28. The van der Waals surface area contributed by atoms with E-state index in [0.29, 0.717) is 22.8 Å². The Bertz CT molecular complexity index is 748. The normalized spacial score (nSPS) is 13.9. The highest BCUT2D eigenvalue weighted by molar-refractivity contribution is 7.99. The van der Waals surface area contributed by atoms with Gasteiger partial charge in [-0.25, -0.2) is 15.0 Å². The largest absolute Gasteiger partial charge is 0.359 e. The predicted octanol–water partition coefficient (Wildman–Crippen LogP) is 2.88. The predicted molar refractivity (Wildman–Crippen MR) is 109 cm³/mol. The lowest BCUT2D eigenvalue weighted by Crippen LogP contribution is -2.32. The number of anilines is 2. The molecule has 0 saturated carbocycles. The van der Waals surface area contributed by atoms with Gasteiger partial charge in [0.05, 0.1) is 0 Å². The maximum Gasteiger partial charge on any atom is 0.232 e. The number of piperidine rings is 1. The Labute approximate surface area is 162 Å². The van der Waals surface area contributed by atoms with Crippen LogP contribution in [0.1, 0.15) is 19.3 Å². The first-order valence-electron chi connectivity index (χ1n) is 8.49. The first kappa shape index (κ1) is 18.5. The van der Waals surface area contributed by atoms with E-state index in [-0.39, 0.29) is 0 Å². The summed E-state index contributed by atoms with van der Waals surface area (Å²) in [5, 5.41) is 7.97. The molecular weight excluding hydrogens is 366 g/mol. The van der Waals surface area contributed by atoms with Crippen LogP contribution in [0.2, 0.25) is 0 Å². The maximum atomic E-state index is 5.28. The molecule has 2 aromatic heterocycles. The average Bonchev–Trinajstić information content (AvgIpc) is 2.67. The molecule has 26 heavy (non-hydrogen) atoms. The first-order valence-corrected chi connectivity index (χ1v) is 9.72. The number of aromatic nitrogens is 4. The third-order valence-electron chi connectivity index (χ3n) is 3.74. The van der Waals surface area contributed by atoms with Crippen molar-refractivity contribution in [1.29, 1.82) is 0 Å². The van der Waals surface area contributed by atoms with Crippen LogP contribution in [0.3, 0.4) is 0 Å². The Kier molecular flexibility index (Phi) is 6.73. The van der Waals surface area contributed by atoms with Crippen molar-refractivity contribution in [2.24, 2.45) is 0 Å². The van der Waals surface area contributed by atoms with Crippen LogP contribution in [-0.2, 0) is 0 Å². The first-order chi connectivity index (χ1) is 12.7. The molecule has 0 amide bonds. The molecule has 0 atom stereocenters. The van der Waals surface area contributed by atoms with Crippen molar-refractivity contribution < 1.29 is 0 Å². The summed E-state index contributed by atoms with van der Waals surface area (Å²) >= 11 is 6.68. The smallest absolute Gasteiger partial charge is 0.232 e. The van der Waals surface area contributed by atoms with E-state index in [1.807, 2.05) is 6.07 Å². The van der Waals surface area contributed by atoms with Gasteiger partial charge in [-0.2, -0.15) is 4.98 Å². The van der Waals surface area contributed by atoms with Gasteiger partial charge in [-0.3, -0.25) is 0 Å². The molecule has 1 fully saturated rings. The second-order valence-corrected chi connectivity index (χ2v) is 7.09. The highest BCUT2D eigenvalue weighted by Gasteiger charge is 2.16. The molecule has 0 bridgehead atoms. The molecule has 3 rings (SSSR count). The van der Waals surface area contributed by atoms with E-state index in [2.05, 4.69) is 42.0 Å². The van der Waals surface area contributed by atoms with E-state index in [9.17, 15) is 0 Å². The third kappa shape index (κ3) is 5.37. The van der Waals surface area contributed by atoms with Crippen LogP contribution in [0.25, 0.3) is 0 Å². The van der Waals surface area contributed by atoms with Gasteiger partial charge in [0.25, 0.3) is 0 Å². The van der Waals surface area contributed by atoms with Gasteiger partial charge in [0.2, 0.25) is 5.95 Å². The molecular formula is C17H21N7S2. The zero-order valence-corrected chi connectivity index (χ0v) is 16.0. The van der Waals surface area contributed by atoms with E-state index < -0.39 is 0 Å². The summed E-state index contributed by atoms with van der Waals surface area (Å²) in [6.07, 6.45) is 8.80. The van der Waals surface area contributed by atoms with E-state index in [1.54, 1.807) is 24.5 Å². The number of thiocarbonyl (C=S) groups is 1. The standard InChI is InChI=1S/C17H21N7S2/c1-2-7-18-16(25)23-15-21-13(24-10-4-3-5-11-24)12-14(22-15)26-17-19-8-6-9-20-17/h2,6,8-9,12H,1,3-5,7,10-11H2,(H2,18,21,22,23,25). The van der Waals surface area contributed by atoms with Crippen LogP contribution in [0, 0.1) is 0 Å². The highest BCUT2D eigenvalue weighted by Crippen LogP contribution is 2.28. The number of nitrogens with zero attached hydrogens (tertiary/aromatic N) is 5. The fraction of sp³-hybridized carbons (Fsp3) is 0.353. The third-order valence-corrected chi connectivity index (χ3v) is 4.80. The van der Waals surface area contributed by atoms with E-state index >= 15 is 0 Å². The fourth-order valence-corrected chi connectivity index (χ4v) is 3.43. The number of hydrogen-bond donors (Lipinski definition) is 2. The minimum atomic E-state index is 0.465. The van der Waals surface area contributed by atoms with E-state index in [0.717, 1.165) is 23.9 Å². The quantitative estimate of drug-likeness (QED) is 0.337. The second kappa shape index (κ2) is 9.44. The van der Waals surface area contributed by atoms with Crippen LogP contribution in [0.5, 0.6) is 0 Å². The van der Waals surface area contributed by atoms with Gasteiger partial charge in [-0.1, -0.05) is 6.08 Å². The van der Waals surface area contributed by atoms with Crippen LogP contribution in [0.4, 0.5) is 11.8 Å². The number of nitrogens with one attached hydrogen (secondary N) is 2. The van der Waals surface area contributed by atoms with Crippen molar-refractivity contribution in [3.05, 3.63) is 37.2 Å². The molecule has 3 heterocycles. The summed E-state index contributed by atoms with van der Waals surface area (Å²) in [6.45, 7) is 6.25. The molecule has 2 N–H and O–H groups in total. The Morgan fingerprint density at radius 2 is 2.00 bits per heavy atom. The van der Waals surface area contributed by atoms with Gasteiger partial charge < -0.3 is 15.5 Å². The zero-order chi connectivity index (χ0) is 18.2. The lowest BCUT2D eigenvalue weighted by Gasteiger charge is -2.28.